The number of benzene rings is 3. The van der Waals surface area contributed by atoms with Crippen LogP contribution in [0.25, 0.3) is 0 Å². The standard InChI is InChI=1S/C33H40N4O5S/c1-22-11-8-9-15-25(22)20-34-30(39)29-33(2,3)43-21-37(29)31(40)28(38)27(18-23-12-6-5-7-13-23)36-32(41)35-19-24-14-10-16-26(17-24)42-4/h5-17,27-29,38H,18-21H2,1-4H3,(H,34,39)(H2,35,36,41)/t27-,28-,29+/m0/s1. The number of carbonyl (C=O) groups is 3. The number of nitrogens with zero attached hydrogens (tertiary/aromatic N) is 1. The van der Waals surface area contributed by atoms with Crippen LogP contribution in [0.2, 0.25) is 0 Å². The normalized spacial score (nSPS) is 17.0. The van der Waals surface area contributed by atoms with Gasteiger partial charge in [-0.1, -0.05) is 66.7 Å². The minimum absolute atomic E-state index is 0.217. The lowest BCUT2D eigenvalue weighted by Crippen LogP contribution is -2.59. The van der Waals surface area contributed by atoms with Crippen molar-refractivity contribution in [3.8, 4) is 5.75 Å². The number of aryl methyl sites for hydroxylation is 1. The molecule has 4 rings (SSSR count). The highest BCUT2D eigenvalue weighted by atomic mass is 32.2. The highest BCUT2D eigenvalue weighted by Gasteiger charge is 2.49. The molecule has 0 unspecified atom stereocenters. The molecule has 0 aromatic heterocycles. The van der Waals surface area contributed by atoms with Crippen molar-refractivity contribution >= 4 is 29.6 Å². The molecule has 1 heterocycles. The first-order valence-corrected chi connectivity index (χ1v) is 15.2. The van der Waals surface area contributed by atoms with E-state index in [1.165, 1.54) is 16.7 Å². The minimum Gasteiger partial charge on any atom is -0.497 e. The molecular formula is C33H40N4O5S. The van der Waals surface area contributed by atoms with Gasteiger partial charge in [0.2, 0.25) is 5.91 Å². The van der Waals surface area contributed by atoms with E-state index in [4.69, 9.17) is 4.74 Å². The number of methoxy groups -OCH3 is 1. The first kappa shape index (κ1) is 31.9. The minimum atomic E-state index is -1.58. The second-order valence-corrected chi connectivity index (χ2v) is 12.8. The zero-order valence-electron chi connectivity index (χ0n) is 25.0. The van der Waals surface area contributed by atoms with Crippen molar-refractivity contribution in [1.29, 1.82) is 0 Å². The first-order chi connectivity index (χ1) is 20.6. The number of ether oxygens (including phenoxy) is 1. The van der Waals surface area contributed by atoms with Gasteiger partial charge in [-0.3, -0.25) is 9.59 Å². The lowest BCUT2D eigenvalue weighted by molar-refractivity contribution is -0.147. The van der Waals surface area contributed by atoms with Gasteiger partial charge in [-0.2, -0.15) is 0 Å². The Morgan fingerprint density at radius 2 is 1.67 bits per heavy atom. The van der Waals surface area contributed by atoms with Crippen LogP contribution in [0.3, 0.4) is 0 Å². The molecule has 0 aliphatic carbocycles. The number of amides is 4. The van der Waals surface area contributed by atoms with Gasteiger partial charge in [0.05, 0.1) is 19.0 Å². The summed E-state index contributed by atoms with van der Waals surface area (Å²) in [5.41, 5.74) is 3.73. The number of hydrogen-bond donors (Lipinski definition) is 4. The fourth-order valence-corrected chi connectivity index (χ4v) is 6.28. The average molecular weight is 605 g/mol. The van der Waals surface area contributed by atoms with Crippen LogP contribution < -0.4 is 20.7 Å². The lowest BCUT2D eigenvalue weighted by atomic mass is 9.97. The summed E-state index contributed by atoms with van der Waals surface area (Å²) in [5, 5.41) is 20.0. The summed E-state index contributed by atoms with van der Waals surface area (Å²) in [5.74, 6) is 0.0166. The Bertz CT molecular complexity index is 1420. The average Bonchev–Trinajstić information content (AvgIpc) is 3.33. The number of rotatable bonds is 11. The van der Waals surface area contributed by atoms with Crippen molar-refractivity contribution in [2.75, 3.05) is 13.0 Å². The molecule has 4 amide bonds. The lowest BCUT2D eigenvalue weighted by Gasteiger charge is -2.33. The van der Waals surface area contributed by atoms with E-state index >= 15 is 0 Å². The van der Waals surface area contributed by atoms with E-state index in [1.807, 2.05) is 99.6 Å². The van der Waals surface area contributed by atoms with E-state index in [2.05, 4.69) is 16.0 Å². The Balaban J connectivity index is 1.48. The maximum absolute atomic E-state index is 13.8. The van der Waals surface area contributed by atoms with Crippen molar-refractivity contribution in [1.82, 2.24) is 20.9 Å². The molecule has 0 bridgehead atoms. The van der Waals surface area contributed by atoms with Crippen molar-refractivity contribution in [2.45, 2.75) is 63.2 Å². The van der Waals surface area contributed by atoms with Gasteiger partial charge < -0.3 is 30.7 Å². The highest BCUT2D eigenvalue weighted by molar-refractivity contribution is 8.00. The topological polar surface area (TPSA) is 120 Å². The van der Waals surface area contributed by atoms with Crippen LogP contribution in [0.5, 0.6) is 5.75 Å². The third kappa shape index (κ3) is 8.30. The van der Waals surface area contributed by atoms with Crippen molar-refractivity contribution in [2.24, 2.45) is 0 Å². The van der Waals surface area contributed by atoms with Crippen LogP contribution in [0.15, 0.2) is 78.9 Å². The van der Waals surface area contributed by atoms with Crippen LogP contribution in [0, 0.1) is 6.92 Å². The Morgan fingerprint density at radius 1 is 0.977 bits per heavy atom. The quantitative estimate of drug-likeness (QED) is 0.265. The summed E-state index contributed by atoms with van der Waals surface area (Å²) >= 11 is 1.48. The molecule has 9 nitrogen and oxygen atoms in total. The zero-order valence-corrected chi connectivity index (χ0v) is 25.8. The molecule has 1 aliphatic heterocycles. The van der Waals surface area contributed by atoms with Crippen molar-refractivity contribution in [3.05, 3.63) is 101 Å². The van der Waals surface area contributed by atoms with Crippen molar-refractivity contribution < 1.29 is 24.2 Å². The van der Waals surface area contributed by atoms with Gasteiger partial charge in [0.25, 0.3) is 5.91 Å². The van der Waals surface area contributed by atoms with Gasteiger partial charge in [0, 0.05) is 17.8 Å². The summed E-state index contributed by atoms with van der Waals surface area (Å²) in [6.45, 7) is 6.38. The first-order valence-electron chi connectivity index (χ1n) is 14.2. The Labute approximate surface area is 257 Å². The van der Waals surface area contributed by atoms with Gasteiger partial charge in [-0.25, -0.2) is 4.79 Å². The van der Waals surface area contributed by atoms with Crippen molar-refractivity contribution in [3.63, 3.8) is 0 Å². The summed E-state index contributed by atoms with van der Waals surface area (Å²) < 4.78 is 4.67. The molecule has 3 atom stereocenters. The van der Waals surface area contributed by atoms with Gasteiger partial charge in [0.1, 0.15) is 11.8 Å². The second kappa shape index (κ2) is 14.4. The molecule has 3 aromatic carbocycles. The smallest absolute Gasteiger partial charge is 0.315 e. The molecule has 3 aromatic rings. The molecule has 1 saturated heterocycles. The van der Waals surface area contributed by atoms with Gasteiger partial charge >= 0.3 is 6.03 Å². The Hall–Kier alpha value is -4.02. The SMILES string of the molecule is COc1cccc(CNC(=O)N[C@@H](Cc2ccccc2)[C@H](O)C(=O)N2CSC(C)(C)[C@H]2C(=O)NCc2ccccc2C)c1. The molecule has 1 aliphatic rings. The summed E-state index contributed by atoms with van der Waals surface area (Å²) in [4.78, 5) is 41.7. The van der Waals surface area contributed by atoms with Gasteiger partial charge in [-0.15, -0.1) is 11.8 Å². The molecule has 43 heavy (non-hydrogen) atoms. The molecule has 10 heteroatoms. The molecule has 1 fully saturated rings. The summed E-state index contributed by atoms with van der Waals surface area (Å²) in [6.07, 6.45) is -1.36. The summed E-state index contributed by atoms with van der Waals surface area (Å²) in [7, 11) is 1.57. The van der Waals surface area contributed by atoms with E-state index in [0.717, 1.165) is 22.3 Å². The Morgan fingerprint density at radius 3 is 2.40 bits per heavy atom. The number of hydrogen-bond acceptors (Lipinski definition) is 6. The molecule has 0 radical (unpaired) electrons. The largest absolute Gasteiger partial charge is 0.497 e. The van der Waals surface area contributed by atoms with Crippen LogP contribution in [0.4, 0.5) is 4.79 Å². The van der Waals surface area contributed by atoms with Gasteiger partial charge in [0.15, 0.2) is 6.10 Å². The number of urea groups is 1. The van der Waals surface area contributed by atoms with Gasteiger partial charge in [-0.05, 0) is 61.6 Å². The van der Waals surface area contributed by atoms with E-state index in [9.17, 15) is 19.5 Å². The molecule has 228 valence electrons. The second-order valence-electron chi connectivity index (χ2n) is 11.2. The van der Waals surface area contributed by atoms with E-state index in [-0.39, 0.29) is 24.7 Å². The third-order valence-electron chi connectivity index (χ3n) is 7.63. The Kier molecular flexibility index (Phi) is 10.7. The highest BCUT2D eigenvalue weighted by Crippen LogP contribution is 2.40. The van der Waals surface area contributed by atoms with Crippen LogP contribution in [0.1, 0.15) is 36.1 Å². The number of aliphatic hydroxyl groups is 1. The number of nitrogens with one attached hydrogen (secondary N) is 3. The van der Waals surface area contributed by atoms with Crippen LogP contribution >= 0.6 is 11.8 Å². The maximum atomic E-state index is 13.8. The van der Waals surface area contributed by atoms with E-state index in [0.29, 0.717) is 12.3 Å². The molecule has 4 N–H and O–H groups in total. The van der Waals surface area contributed by atoms with Crippen LogP contribution in [-0.4, -0.2) is 63.8 Å². The predicted molar refractivity (Wildman–Crippen MR) is 169 cm³/mol. The maximum Gasteiger partial charge on any atom is 0.315 e. The molecule has 0 saturated carbocycles. The monoisotopic (exact) mass is 604 g/mol. The third-order valence-corrected chi connectivity index (χ3v) is 9.00. The molecular weight excluding hydrogens is 564 g/mol. The van der Waals surface area contributed by atoms with E-state index in [1.54, 1.807) is 7.11 Å². The zero-order chi connectivity index (χ0) is 31.0. The molecule has 0 spiro atoms. The fraction of sp³-hybridized carbons (Fsp3) is 0.364. The van der Waals surface area contributed by atoms with Crippen LogP contribution in [-0.2, 0) is 29.1 Å². The van der Waals surface area contributed by atoms with E-state index < -0.39 is 34.9 Å². The predicted octanol–water partition coefficient (Wildman–Crippen LogP) is 3.77. The fourth-order valence-electron chi connectivity index (χ4n) is 5.14. The number of carbonyl (C=O) groups excluding carboxylic acids is 3. The summed E-state index contributed by atoms with van der Waals surface area (Å²) in [6, 6.07) is 22.2. The number of aliphatic hydroxyl groups excluding tert-OH is 1. The number of thioether (sulfide) groups is 1.